The monoisotopic (exact) mass is 2410 g/mol. The van der Waals surface area contributed by atoms with E-state index in [1.165, 1.54) is 72.9 Å². The Bertz CT molecular complexity index is 6790. The maximum atomic E-state index is 5.41. The molecule has 0 saturated heterocycles. The van der Waals surface area contributed by atoms with E-state index in [4.69, 9.17) is 9.40 Å². The molecule has 0 amide bonds. The molecule has 593 valence electrons. The Morgan fingerprint density at radius 2 is 1.02 bits per heavy atom. The molecule has 14 heterocycles. The van der Waals surface area contributed by atoms with Crippen molar-refractivity contribution in [3.05, 3.63) is 297 Å². The van der Waals surface area contributed by atoms with E-state index in [0.717, 1.165) is 116 Å². The summed E-state index contributed by atoms with van der Waals surface area (Å²) in [5, 5.41) is 14.2. The fourth-order valence-electron chi connectivity index (χ4n) is 15.1. The van der Waals surface area contributed by atoms with Crippen LogP contribution >= 0.6 is 0 Å². The third kappa shape index (κ3) is 15.4. The topological polar surface area (TPSA) is 161 Å². The second-order valence-corrected chi connectivity index (χ2v) is 27.7. The Labute approximate surface area is 735 Å². The third-order valence-electron chi connectivity index (χ3n) is 20.4. The van der Waals surface area contributed by atoms with Crippen LogP contribution in [0.2, 0.25) is 0 Å². The minimum absolute atomic E-state index is 0. The van der Waals surface area contributed by atoms with Gasteiger partial charge in [-0.25, -0.2) is 9.97 Å². The zero-order valence-electron chi connectivity index (χ0n) is 61.5. The molecule has 115 heavy (non-hydrogen) atoms. The van der Waals surface area contributed by atoms with Gasteiger partial charge < -0.3 is 31.0 Å². The number of pyridine rings is 5. The van der Waals surface area contributed by atoms with Gasteiger partial charge in [-0.05, 0) is 111 Å². The largest absolute Gasteiger partial charge is 0.452 e. The van der Waals surface area contributed by atoms with Gasteiger partial charge in [0, 0.05) is 179 Å². The van der Waals surface area contributed by atoms with E-state index in [1.807, 2.05) is 141 Å². The summed E-state index contributed by atoms with van der Waals surface area (Å²) in [4.78, 5) is 35.2. The van der Waals surface area contributed by atoms with E-state index in [-0.39, 0.29) is 130 Å². The summed E-state index contributed by atoms with van der Waals surface area (Å²) in [7, 11) is 2.00. The molecule has 0 unspecified atom stereocenters. The van der Waals surface area contributed by atoms with E-state index < -0.39 is 0 Å². The van der Waals surface area contributed by atoms with Crippen molar-refractivity contribution in [2.45, 2.75) is 103 Å². The van der Waals surface area contributed by atoms with Crippen molar-refractivity contribution in [2.24, 2.45) is 7.05 Å². The molecule has 8 aromatic carbocycles. The molecule has 17 nitrogen and oxygen atoms in total. The number of aryl methyl sites for hydroxylation is 3. The molecule has 0 fully saturated rings. The third-order valence-corrected chi connectivity index (χ3v) is 20.4. The summed E-state index contributed by atoms with van der Waals surface area (Å²) in [6.07, 6.45) is 25.7. The van der Waals surface area contributed by atoms with Gasteiger partial charge in [-0.15, -0.1) is 121 Å². The number of rotatable bonds is 5. The molecular weight excluding hydrogens is 2320 g/mol. The molecule has 0 aliphatic heterocycles. The van der Waals surface area contributed by atoms with Crippen molar-refractivity contribution in [1.29, 1.82) is 0 Å². The number of hydrogen-bond donors (Lipinski definition) is 0. The quantitative estimate of drug-likeness (QED) is 0.120. The molecule has 0 aliphatic rings. The van der Waals surface area contributed by atoms with Gasteiger partial charge in [-0.3, -0.25) is 34.4 Å². The second kappa shape index (κ2) is 36.8. The molecule has 22 aromatic rings. The van der Waals surface area contributed by atoms with E-state index in [9.17, 15) is 0 Å². The Hall–Kier alpha value is -10.2. The Morgan fingerprint density at radius 3 is 1.70 bits per heavy atom. The molecule has 14 aromatic heterocycles. The van der Waals surface area contributed by atoms with Crippen LogP contribution in [0, 0.1) is 44.2 Å². The minimum Gasteiger partial charge on any atom is -0.452 e. The number of nitrogens with zero attached hydrogens (tertiary/aromatic N) is 16. The van der Waals surface area contributed by atoms with Crippen molar-refractivity contribution in [3.63, 3.8) is 0 Å². The molecule has 0 atom stereocenters. The molecule has 0 N–H and O–H groups in total. The fourth-order valence-corrected chi connectivity index (χ4v) is 15.1. The first-order chi connectivity index (χ1) is 51.9. The Kier molecular flexibility index (Phi) is 28.4. The van der Waals surface area contributed by atoms with Crippen LogP contribution in [0.15, 0.2) is 243 Å². The van der Waals surface area contributed by atoms with Crippen LogP contribution < -0.4 is 0 Å². The van der Waals surface area contributed by atoms with Crippen LogP contribution in [0.25, 0.3) is 154 Å². The smallest absolute Gasteiger partial charge is 0.171 e. The Morgan fingerprint density at radius 1 is 0.417 bits per heavy atom. The standard InChI is InChI=1S/C38H39N2.C14H8N3.C13H9N4.C12H7N4.C12H6N3O.4CH4.5Ir/c1-22(2)28-19-31(23(3)4)37(32(20-28)24(5)6)35-21-39-38-30-16-12-15-29(27-13-10-9-11-14-27)36(30)33-17-25(7)26(8)18-34(33)40(35)38;1-2-4-11-10(3-1)12-9-15-6-5-13(12)17-8-7-16-14(11)17;1-16-8-15-12-9-4-2-3-5-10(9)17-7-14-6-11(17)13(12)16;1-2-4-10-9(3-1)12-13-7-8-15(12)11-5-6-14-16(10)11;1-2-4-9-8(3-1)11-12(16-7-14-11)10-5-13-6-15(9)10;;;;;;;;;/h9-15,17-24H,1-8H3;1-3,5-9H;2-3,5-8H,1H3;1-2,4-8H;1-2,4-7H;4*1H4;;;;;/q5*-1;;;;;;;;;. The maximum Gasteiger partial charge on any atom is 0.171 e. The zero-order chi connectivity index (χ0) is 72.0. The summed E-state index contributed by atoms with van der Waals surface area (Å²) in [6, 6.07) is 68.8. The van der Waals surface area contributed by atoms with Gasteiger partial charge in [-0.2, -0.15) is 5.10 Å². The van der Waals surface area contributed by atoms with Crippen LogP contribution in [0.3, 0.4) is 0 Å². The number of hydrogen-bond acceptors (Lipinski definition) is 10. The van der Waals surface area contributed by atoms with Crippen LogP contribution in [0.4, 0.5) is 0 Å². The van der Waals surface area contributed by atoms with Crippen LogP contribution in [-0.4, -0.2) is 76.1 Å². The van der Waals surface area contributed by atoms with E-state index in [0.29, 0.717) is 17.8 Å². The van der Waals surface area contributed by atoms with Crippen LogP contribution in [0.5, 0.6) is 0 Å². The van der Waals surface area contributed by atoms with Gasteiger partial charge in [0.05, 0.1) is 76.8 Å². The van der Waals surface area contributed by atoms with E-state index in [1.54, 1.807) is 31.1 Å². The summed E-state index contributed by atoms with van der Waals surface area (Å²) in [6.45, 7) is 18.3. The minimum atomic E-state index is 0. The SMILES string of the molecule is C.C.C.C.Cc1cc2c3c(-c4ccccc4)cc[c-]c3c3ncc(-c4c(C(C)C)cc(C(C)C)cc4C(C)C)n3c2cc1C.Cn1cnc2c3[c-]cccc3n3cncc3c21.[Ir].[Ir].[Ir].[Ir].[Ir].[c-]1cccc2c1c1nccn1c1ccncc21.[c-]1cccc2c1c1nccn1c1ccnn21.[c-]1cccc2c1c1ncoc1c1cncn21. The van der Waals surface area contributed by atoms with Crippen molar-refractivity contribution in [1.82, 2.24) is 76.1 Å². The average molecular weight is 2400 g/mol. The molecule has 0 spiro atoms. The maximum absolute atomic E-state index is 5.41. The van der Waals surface area contributed by atoms with Gasteiger partial charge in [0.25, 0.3) is 0 Å². The molecule has 0 saturated carbocycles. The van der Waals surface area contributed by atoms with E-state index in [2.05, 4.69) is 224 Å². The number of aromatic nitrogens is 16. The molecular formula is C93H85Ir5N16O-5. The Balaban J connectivity index is 0.000000171. The number of imidazole rings is 6. The van der Waals surface area contributed by atoms with Gasteiger partial charge in [-0.1, -0.05) is 158 Å². The molecule has 22 rings (SSSR count). The molecule has 0 aliphatic carbocycles. The van der Waals surface area contributed by atoms with Crippen molar-refractivity contribution < 1.29 is 105 Å². The fraction of sp³-hybridized carbons (Fsp3) is 0.172. The first-order valence-corrected chi connectivity index (χ1v) is 35.5. The summed E-state index contributed by atoms with van der Waals surface area (Å²) >= 11 is 0. The normalized spacial score (nSPS) is 11.0. The summed E-state index contributed by atoms with van der Waals surface area (Å²) in [5.74, 6) is 1.26. The molecule has 22 heteroatoms. The van der Waals surface area contributed by atoms with Crippen molar-refractivity contribution in [2.75, 3.05) is 0 Å². The van der Waals surface area contributed by atoms with Gasteiger partial charge in [0.2, 0.25) is 0 Å². The van der Waals surface area contributed by atoms with Gasteiger partial charge in [0.15, 0.2) is 6.39 Å². The van der Waals surface area contributed by atoms with Gasteiger partial charge in [0.1, 0.15) is 11.2 Å². The predicted molar refractivity (Wildman–Crippen MR) is 451 cm³/mol. The predicted octanol–water partition coefficient (Wildman–Crippen LogP) is 22.7. The van der Waals surface area contributed by atoms with Gasteiger partial charge >= 0.3 is 0 Å². The zero-order valence-corrected chi connectivity index (χ0v) is 73.5. The summed E-state index contributed by atoms with van der Waals surface area (Å²) < 4.78 is 19.9. The average Bonchev–Trinajstić information content (AvgIpc) is 1.66. The first kappa shape index (κ1) is 88.8. The van der Waals surface area contributed by atoms with Crippen molar-refractivity contribution >= 4 is 132 Å². The number of benzene rings is 8. The van der Waals surface area contributed by atoms with Crippen LogP contribution in [-0.2, 0) is 108 Å². The van der Waals surface area contributed by atoms with E-state index >= 15 is 0 Å². The number of oxazole rings is 1. The van der Waals surface area contributed by atoms with Crippen LogP contribution in [0.1, 0.15) is 117 Å². The second-order valence-electron chi connectivity index (χ2n) is 27.7. The molecule has 0 bridgehead atoms. The molecule has 5 radical (unpaired) electrons. The van der Waals surface area contributed by atoms with Crippen molar-refractivity contribution in [3.8, 4) is 22.4 Å². The first-order valence-electron chi connectivity index (χ1n) is 35.5. The number of fused-ring (bicyclic) bond motifs is 30. The summed E-state index contributed by atoms with van der Waals surface area (Å²) in [5.41, 5.74) is 26.7.